The Hall–Kier alpha value is -2.68. The van der Waals surface area contributed by atoms with Crippen molar-refractivity contribution >= 4 is 44.3 Å². The molecule has 0 unspecified atom stereocenters. The number of sulfonamides is 1. The maximum atomic E-state index is 12.8. The van der Waals surface area contributed by atoms with Gasteiger partial charge in [-0.1, -0.05) is 30.3 Å². The standard InChI is InChI=1S/C23H23ClN2O5S/c1-12-4-2-7-17-18(12)19(21(27)23(28)29)20(26-17)16-6-3-5-15(22(16)32(25,30)31)13-8-10-14(24)11-9-13/h2-7,13-14,26H,8-11H2,1H3,(H,28,29)(H2,25,30,31). The number of carbonyl (C=O) groups excluding carboxylic acids is 1. The summed E-state index contributed by atoms with van der Waals surface area (Å²) in [6.07, 6.45) is 2.95. The summed E-state index contributed by atoms with van der Waals surface area (Å²) in [6.45, 7) is 1.76. The van der Waals surface area contributed by atoms with Gasteiger partial charge in [0.2, 0.25) is 10.0 Å². The molecular formula is C23H23ClN2O5S. The van der Waals surface area contributed by atoms with Crippen molar-refractivity contribution in [3.05, 3.63) is 53.1 Å². The predicted octanol–water partition coefficient (Wildman–Crippen LogP) is 4.32. The number of ketones is 1. The number of hydrogen-bond acceptors (Lipinski definition) is 4. The van der Waals surface area contributed by atoms with Gasteiger partial charge in [-0.2, -0.15) is 0 Å². The van der Waals surface area contributed by atoms with E-state index in [9.17, 15) is 23.1 Å². The summed E-state index contributed by atoms with van der Waals surface area (Å²) in [5.74, 6) is -2.79. The lowest BCUT2D eigenvalue weighted by Crippen LogP contribution is -2.21. The maximum Gasteiger partial charge on any atom is 0.377 e. The van der Waals surface area contributed by atoms with Crippen LogP contribution >= 0.6 is 11.6 Å². The van der Waals surface area contributed by atoms with Crippen LogP contribution in [0.15, 0.2) is 41.3 Å². The van der Waals surface area contributed by atoms with Crippen molar-refractivity contribution in [2.45, 2.75) is 48.8 Å². The highest BCUT2D eigenvalue weighted by Crippen LogP contribution is 2.42. The molecule has 9 heteroatoms. The zero-order valence-corrected chi connectivity index (χ0v) is 19.0. The molecule has 1 aromatic heterocycles. The quantitative estimate of drug-likeness (QED) is 0.288. The summed E-state index contributed by atoms with van der Waals surface area (Å²) in [5, 5.41) is 15.6. The van der Waals surface area contributed by atoms with Crippen molar-refractivity contribution < 1.29 is 23.1 Å². The van der Waals surface area contributed by atoms with E-state index in [1.165, 1.54) is 0 Å². The average molecular weight is 475 g/mol. The number of carboxylic acids is 1. The molecule has 1 aliphatic carbocycles. The lowest BCUT2D eigenvalue weighted by molar-refractivity contribution is -0.131. The topological polar surface area (TPSA) is 130 Å². The Bertz CT molecular complexity index is 1340. The van der Waals surface area contributed by atoms with Crippen LogP contribution in [0.5, 0.6) is 0 Å². The van der Waals surface area contributed by atoms with E-state index >= 15 is 0 Å². The average Bonchev–Trinajstić information content (AvgIpc) is 3.13. The number of primary sulfonamides is 1. The number of nitrogens with two attached hydrogens (primary N) is 1. The van der Waals surface area contributed by atoms with E-state index in [1.54, 1.807) is 43.3 Å². The first-order valence-electron chi connectivity index (χ1n) is 10.3. The van der Waals surface area contributed by atoms with E-state index in [2.05, 4.69) is 4.98 Å². The number of Topliss-reactive ketones (excluding diaryl/α,β-unsaturated/α-hetero) is 1. The fourth-order valence-corrected chi connectivity index (χ4v) is 6.01. The minimum Gasteiger partial charge on any atom is -0.475 e. The molecule has 1 saturated carbocycles. The van der Waals surface area contributed by atoms with Crippen LogP contribution in [0, 0.1) is 6.92 Å². The molecule has 32 heavy (non-hydrogen) atoms. The van der Waals surface area contributed by atoms with Gasteiger partial charge in [-0.05, 0) is 55.7 Å². The summed E-state index contributed by atoms with van der Waals surface area (Å²) in [4.78, 5) is 27.4. The Morgan fingerprint density at radius 1 is 1.09 bits per heavy atom. The zero-order valence-electron chi connectivity index (χ0n) is 17.4. The number of aromatic amines is 1. The third-order valence-corrected chi connectivity index (χ3v) is 7.61. The zero-order chi connectivity index (χ0) is 23.2. The number of rotatable bonds is 5. The highest BCUT2D eigenvalue weighted by molar-refractivity contribution is 7.89. The van der Waals surface area contributed by atoms with Crippen LogP contribution in [0.4, 0.5) is 0 Å². The molecule has 0 atom stereocenters. The lowest BCUT2D eigenvalue weighted by Gasteiger charge is -2.27. The van der Waals surface area contributed by atoms with Gasteiger partial charge in [0.15, 0.2) is 0 Å². The number of alkyl halides is 1. The third kappa shape index (κ3) is 3.94. The predicted molar refractivity (Wildman–Crippen MR) is 123 cm³/mol. The number of aromatic nitrogens is 1. The Morgan fingerprint density at radius 2 is 1.75 bits per heavy atom. The molecule has 0 aliphatic heterocycles. The molecule has 168 valence electrons. The summed E-state index contributed by atoms with van der Waals surface area (Å²) in [6, 6.07) is 10.2. The Labute approximate surface area is 190 Å². The van der Waals surface area contributed by atoms with Gasteiger partial charge >= 0.3 is 5.97 Å². The van der Waals surface area contributed by atoms with Crippen molar-refractivity contribution in [2.75, 3.05) is 0 Å². The van der Waals surface area contributed by atoms with Crippen molar-refractivity contribution in [3.8, 4) is 11.3 Å². The first kappa shape index (κ1) is 22.5. The molecule has 0 spiro atoms. The highest BCUT2D eigenvalue weighted by atomic mass is 35.5. The van der Waals surface area contributed by atoms with Crippen LogP contribution in [0.3, 0.4) is 0 Å². The molecule has 3 aromatic rings. The van der Waals surface area contributed by atoms with Crippen LogP contribution in [-0.2, 0) is 14.8 Å². The number of aryl methyl sites for hydroxylation is 1. The Balaban J connectivity index is 2.04. The maximum absolute atomic E-state index is 12.8. The summed E-state index contributed by atoms with van der Waals surface area (Å²) in [7, 11) is -4.20. The highest BCUT2D eigenvalue weighted by Gasteiger charge is 2.32. The van der Waals surface area contributed by atoms with Crippen molar-refractivity contribution in [3.63, 3.8) is 0 Å². The van der Waals surface area contributed by atoms with E-state index in [1.807, 2.05) is 0 Å². The van der Waals surface area contributed by atoms with Gasteiger partial charge in [0.05, 0.1) is 16.2 Å². The van der Waals surface area contributed by atoms with Gasteiger partial charge in [0.1, 0.15) is 0 Å². The molecule has 2 aromatic carbocycles. The third-order valence-electron chi connectivity index (χ3n) is 6.15. The molecular weight excluding hydrogens is 452 g/mol. The SMILES string of the molecule is Cc1cccc2[nH]c(-c3cccc(C4CCC(Cl)CC4)c3S(N)(=O)=O)c(C(=O)C(=O)O)c12. The molecule has 0 saturated heterocycles. The smallest absolute Gasteiger partial charge is 0.377 e. The second kappa shape index (κ2) is 8.35. The number of carboxylic acid groups (broad SMARTS) is 1. The summed E-state index contributed by atoms with van der Waals surface area (Å²) >= 11 is 6.23. The summed E-state index contributed by atoms with van der Waals surface area (Å²) in [5.41, 5.74) is 2.06. The molecule has 0 bridgehead atoms. The number of nitrogens with one attached hydrogen (secondary N) is 1. The van der Waals surface area contributed by atoms with E-state index < -0.39 is 21.8 Å². The van der Waals surface area contributed by atoms with Gasteiger partial charge in [0, 0.05) is 21.8 Å². The van der Waals surface area contributed by atoms with E-state index in [0.717, 1.165) is 12.8 Å². The van der Waals surface area contributed by atoms with Crippen LogP contribution in [-0.4, -0.2) is 35.6 Å². The summed E-state index contributed by atoms with van der Waals surface area (Å²) < 4.78 is 25.6. The molecule has 1 aliphatic rings. The Kier molecular flexibility index (Phi) is 5.87. The van der Waals surface area contributed by atoms with Crippen LogP contribution in [0.2, 0.25) is 0 Å². The number of H-pyrrole nitrogens is 1. The number of hydrogen-bond donors (Lipinski definition) is 3. The second-order valence-electron chi connectivity index (χ2n) is 8.22. The van der Waals surface area contributed by atoms with Crippen molar-refractivity contribution in [1.29, 1.82) is 0 Å². The van der Waals surface area contributed by atoms with Crippen LogP contribution in [0.25, 0.3) is 22.2 Å². The molecule has 1 fully saturated rings. The van der Waals surface area contributed by atoms with Gasteiger partial charge in [0.25, 0.3) is 5.78 Å². The molecule has 1 heterocycles. The number of halogens is 1. The molecule has 0 amide bonds. The van der Waals surface area contributed by atoms with E-state index in [-0.39, 0.29) is 33.0 Å². The normalized spacial score (nSPS) is 19.2. The monoisotopic (exact) mass is 474 g/mol. The fourth-order valence-electron chi connectivity index (χ4n) is 4.72. The van der Waals surface area contributed by atoms with Crippen LogP contribution < -0.4 is 5.14 Å². The number of benzene rings is 2. The van der Waals surface area contributed by atoms with Crippen molar-refractivity contribution in [2.24, 2.45) is 5.14 Å². The van der Waals surface area contributed by atoms with Gasteiger partial charge in [-0.15, -0.1) is 11.6 Å². The largest absolute Gasteiger partial charge is 0.475 e. The first-order valence-corrected chi connectivity index (χ1v) is 12.3. The molecule has 4 rings (SSSR count). The molecule has 0 radical (unpaired) electrons. The fraction of sp³-hybridized carbons (Fsp3) is 0.304. The van der Waals surface area contributed by atoms with Gasteiger partial charge < -0.3 is 10.1 Å². The number of aliphatic carboxylic acids is 1. The molecule has 4 N–H and O–H groups in total. The molecule has 7 nitrogen and oxygen atoms in total. The second-order valence-corrected chi connectivity index (χ2v) is 10.3. The van der Waals surface area contributed by atoms with Crippen LogP contribution in [0.1, 0.15) is 53.1 Å². The minimum absolute atomic E-state index is 0.0528. The first-order chi connectivity index (χ1) is 15.1. The number of carbonyl (C=O) groups is 2. The van der Waals surface area contributed by atoms with Gasteiger partial charge in [-0.3, -0.25) is 4.79 Å². The minimum atomic E-state index is -4.20. The number of fused-ring (bicyclic) bond motifs is 1. The lowest BCUT2D eigenvalue weighted by atomic mass is 9.83. The van der Waals surface area contributed by atoms with Crippen molar-refractivity contribution in [1.82, 2.24) is 4.98 Å². The van der Waals surface area contributed by atoms with E-state index in [4.69, 9.17) is 16.7 Å². The van der Waals surface area contributed by atoms with Gasteiger partial charge in [-0.25, -0.2) is 18.4 Å². The Morgan fingerprint density at radius 3 is 2.38 bits per heavy atom. The van der Waals surface area contributed by atoms with E-state index in [0.29, 0.717) is 34.9 Å².